The van der Waals surface area contributed by atoms with Crippen LogP contribution in [0, 0.1) is 11.6 Å². The molecule has 0 bridgehead atoms. The van der Waals surface area contributed by atoms with Crippen LogP contribution in [0.2, 0.25) is 0 Å². The summed E-state index contributed by atoms with van der Waals surface area (Å²) < 4.78 is 48.7. The molecule has 4 rings (SSSR count). The molecule has 0 spiro atoms. The Bertz CT molecular complexity index is 1010. The second-order valence-corrected chi connectivity index (χ2v) is 8.81. The number of amides is 1. The highest BCUT2D eigenvalue weighted by molar-refractivity contribution is 5.92. The van der Waals surface area contributed by atoms with Gasteiger partial charge in [0.2, 0.25) is 0 Å². The fourth-order valence-electron chi connectivity index (χ4n) is 4.50. The van der Waals surface area contributed by atoms with E-state index in [-0.39, 0.29) is 24.4 Å². The topological polar surface area (TPSA) is 68.5 Å². The van der Waals surface area contributed by atoms with Crippen LogP contribution in [0.5, 0.6) is 0 Å². The van der Waals surface area contributed by atoms with Gasteiger partial charge < -0.3 is 10.5 Å². The molecule has 0 aliphatic carbocycles. The second kappa shape index (κ2) is 7.35. The zero-order valence-electron chi connectivity index (χ0n) is 17.0. The molecule has 1 atom stereocenters. The predicted molar refractivity (Wildman–Crippen MR) is 106 cm³/mol. The van der Waals surface area contributed by atoms with Gasteiger partial charge in [0.05, 0.1) is 17.9 Å². The Hall–Kier alpha value is -2.45. The van der Waals surface area contributed by atoms with Crippen LogP contribution in [0.1, 0.15) is 42.0 Å². The molecule has 0 saturated carbocycles. The van der Waals surface area contributed by atoms with E-state index in [0.29, 0.717) is 37.2 Å². The number of rotatable bonds is 4. The quantitative estimate of drug-likeness (QED) is 0.825. The van der Waals surface area contributed by atoms with Crippen molar-refractivity contribution in [1.82, 2.24) is 9.88 Å². The number of primary amides is 1. The van der Waals surface area contributed by atoms with Crippen molar-refractivity contribution >= 4 is 5.91 Å². The van der Waals surface area contributed by atoms with Crippen LogP contribution in [0.4, 0.5) is 13.2 Å². The van der Waals surface area contributed by atoms with Crippen molar-refractivity contribution in [2.45, 2.75) is 44.5 Å². The lowest BCUT2D eigenvalue weighted by molar-refractivity contribution is 0.0214. The van der Waals surface area contributed by atoms with Gasteiger partial charge in [-0.15, -0.1) is 0 Å². The summed E-state index contributed by atoms with van der Waals surface area (Å²) in [6, 6.07) is 4.75. The number of nitrogens with two attached hydrogens (primary N) is 1. The highest BCUT2D eigenvalue weighted by Crippen LogP contribution is 2.38. The first-order valence-electron chi connectivity index (χ1n) is 9.89. The number of hydrogen-bond donors (Lipinski definition) is 1. The zero-order chi connectivity index (χ0) is 21.7. The first kappa shape index (κ1) is 20.8. The summed E-state index contributed by atoms with van der Waals surface area (Å²) in [5, 5.41) is 0. The second-order valence-electron chi connectivity index (χ2n) is 8.81. The molecule has 0 unspecified atom stereocenters. The molecule has 1 aromatic carbocycles. The van der Waals surface area contributed by atoms with Crippen LogP contribution in [0.25, 0.3) is 11.1 Å². The number of carbonyl (C=O) groups excluding carboxylic acids is 1. The van der Waals surface area contributed by atoms with Crippen molar-refractivity contribution in [3.8, 4) is 11.1 Å². The summed E-state index contributed by atoms with van der Waals surface area (Å²) >= 11 is 0. The monoisotopic (exact) mass is 419 g/mol. The Kier molecular flexibility index (Phi) is 5.10. The number of pyridine rings is 1. The van der Waals surface area contributed by atoms with Crippen LogP contribution >= 0.6 is 0 Å². The summed E-state index contributed by atoms with van der Waals surface area (Å²) in [7, 11) is 0. The number of hydrogen-bond acceptors (Lipinski definition) is 4. The summed E-state index contributed by atoms with van der Waals surface area (Å²) in [5.41, 5.74) is 5.41. The van der Waals surface area contributed by atoms with Gasteiger partial charge in [-0.05, 0) is 49.6 Å². The zero-order valence-corrected chi connectivity index (χ0v) is 17.0. The average molecular weight is 419 g/mol. The van der Waals surface area contributed by atoms with Crippen LogP contribution in [0.3, 0.4) is 0 Å². The molecule has 1 amide bonds. The maximum Gasteiger partial charge on any atom is 0.267 e. The fraction of sp³-hybridized carbons (Fsp3) is 0.455. The van der Waals surface area contributed by atoms with Crippen molar-refractivity contribution in [1.29, 1.82) is 0 Å². The van der Waals surface area contributed by atoms with E-state index in [1.165, 1.54) is 18.2 Å². The van der Waals surface area contributed by atoms with Crippen LogP contribution in [0.15, 0.2) is 24.3 Å². The standard InChI is InChI=1S/C22H24F3N3O2/c1-21(2)10-22(25,12-30-21)11-28-6-5-15-16(14-4-3-13(23)7-17(14)24)8-18(20(26)29)27-19(15)9-28/h3-4,7-8H,5-6,9-12H2,1-2H3,(H2,26,29)/t22-/m0/s1. The molecule has 160 valence electrons. The van der Waals surface area contributed by atoms with Crippen LogP contribution in [-0.4, -0.2) is 46.8 Å². The number of aromatic nitrogens is 1. The minimum atomic E-state index is -1.46. The SMILES string of the molecule is CC1(C)C[C@](F)(CN2CCc3c(-c4ccc(F)cc4F)cc(C(N)=O)nc3C2)CO1. The summed E-state index contributed by atoms with van der Waals surface area (Å²) in [5.74, 6) is -2.16. The third-order valence-corrected chi connectivity index (χ3v) is 5.71. The molecule has 1 saturated heterocycles. The highest BCUT2D eigenvalue weighted by atomic mass is 19.1. The molecule has 2 aliphatic heterocycles. The number of ether oxygens (including phenoxy) is 1. The fourth-order valence-corrected chi connectivity index (χ4v) is 4.50. The van der Waals surface area contributed by atoms with Gasteiger partial charge in [-0.1, -0.05) is 0 Å². The Morgan fingerprint density at radius 3 is 2.67 bits per heavy atom. The van der Waals surface area contributed by atoms with Gasteiger partial charge in [0, 0.05) is 37.7 Å². The van der Waals surface area contributed by atoms with Gasteiger partial charge in [-0.2, -0.15) is 0 Å². The maximum atomic E-state index is 15.3. The van der Waals surface area contributed by atoms with Crippen molar-refractivity contribution in [2.75, 3.05) is 19.7 Å². The highest BCUT2D eigenvalue weighted by Gasteiger charge is 2.46. The molecule has 1 fully saturated rings. The first-order valence-corrected chi connectivity index (χ1v) is 9.89. The number of fused-ring (bicyclic) bond motifs is 1. The van der Waals surface area contributed by atoms with Crippen molar-refractivity contribution < 1.29 is 22.7 Å². The minimum absolute atomic E-state index is 0.00498. The smallest absolute Gasteiger partial charge is 0.267 e. The molecule has 30 heavy (non-hydrogen) atoms. The summed E-state index contributed by atoms with van der Waals surface area (Å²) in [6.07, 6.45) is 0.790. The predicted octanol–water partition coefficient (Wildman–Crippen LogP) is 3.39. The van der Waals surface area contributed by atoms with E-state index in [4.69, 9.17) is 10.5 Å². The van der Waals surface area contributed by atoms with E-state index >= 15 is 4.39 Å². The van der Waals surface area contributed by atoms with Crippen LogP contribution in [-0.2, 0) is 17.7 Å². The third-order valence-electron chi connectivity index (χ3n) is 5.71. The molecule has 2 aromatic rings. The van der Waals surface area contributed by atoms with E-state index in [9.17, 15) is 13.6 Å². The first-order chi connectivity index (χ1) is 14.1. The molecular formula is C22H24F3N3O2. The van der Waals surface area contributed by atoms with Crippen LogP contribution < -0.4 is 5.73 Å². The molecule has 0 radical (unpaired) electrons. The summed E-state index contributed by atoms with van der Waals surface area (Å²) in [4.78, 5) is 18.1. The molecule has 1 aromatic heterocycles. The van der Waals surface area contributed by atoms with E-state index < -0.39 is 28.8 Å². The van der Waals surface area contributed by atoms with E-state index in [1.807, 2.05) is 18.7 Å². The van der Waals surface area contributed by atoms with Gasteiger partial charge >= 0.3 is 0 Å². The lowest BCUT2D eigenvalue weighted by Gasteiger charge is -2.33. The number of nitrogens with zero attached hydrogens (tertiary/aromatic N) is 2. The molecule has 3 heterocycles. The van der Waals surface area contributed by atoms with Gasteiger partial charge in [0.15, 0.2) is 0 Å². The Balaban J connectivity index is 1.67. The Morgan fingerprint density at radius 1 is 1.27 bits per heavy atom. The summed E-state index contributed by atoms with van der Waals surface area (Å²) in [6.45, 7) is 4.79. The van der Waals surface area contributed by atoms with E-state index in [0.717, 1.165) is 11.6 Å². The molecule has 2 aliphatic rings. The number of alkyl halides is 1. The molecule has 5 nitrogen and oxygen atoms in total. The van der Waals surface area contributed by atoms with Gasteiger partial charge in [-0.3, -0.25) is 9.69 Å². The number of benzene rings is 1. The molecular weight excluding hydrogens is 395 g/mol. The number of halogens is 3. The largest absolute Gasteiger partial charge is 0.372 e. The Labute approximate surface area is 173 Å². The van der Waals surface area contributed by atoms with Crippen molar-refractivity contribution in [2.24, 2.45) is 5.73 Å². The Morgan fingerprint density at radius 2 is 2.03 bits per heavy atom. The van der Waals surface area contributed by atoms with E-state index in [2.05, 4.69) is 4.98 Å². The maximum absolute atomic E-state index is 15.3. The molecule has 8 heteroatoms. The van der Waals surface area contributed by atoms with Crippen molar-refractivity contribution in [3.63, 3.8) is 0 Å². The van der Waals surface area contributed by atoms with E-state index in [1.54, 1.807) is 0 Å². The lowest BCUT2D eigenvalue weighted by Crippen LogP contribution is -2.43. The lowest BCUT2D eigenvalue weighted by atomic mass is 9.91. The minimum Gasteiger partial charge on any atom is -0.372 e. The van der Waals surface area contributed by atoms with Gasteiger partial charge in [0.1, 0.15) is 23.0 Å². The van der Waals surface area contributed by atoms with Gasteiger partial charge in [-0.25, -0.2) is 18.2 Å². The third kappa shape index (κ3) is 4.06. The van der Waals surface area contributed by atoms with Crippen molar-refractivity contribution in [3.05, 3.63) is 52.9 Å². The average Bonchev–Trinajstić information content (AvgIpc) is 2.93. The normalized spacial score (nSPS) is 23.4. The number of carbonyl (C=O) groups is 1. The molecule has 2 N–H and O–H groups in total. The van der Waals surface area contributed by atoms with Gasteiger partial charge in [0.25, 0.3) is 5.91 Å².